The third kappa shape index (κ3) is 6.11. The molecule has 0 spiro atoms. The van der Waals surface area contributed by atoms with E-state index in [4.69, 9.17) is 4.42 Å². The first kappa shape index (κ1) is 37.8. The van der Waals surface area contributed by atoms with Gasteiger partial charge in [0.05, 0.1) is 5.69 Å². The first-order valence-corrected chi connectivity index (χ1v) is 22.7. The molecule has 66 heavy (non-hydrogen) atoms. The zero-order valence-electron chi connectivity index (χ0n) is 36.0. The molecule has 0 fully saturated rings. The summed E-state index contributed by atoms with van der Waals surface area (Å²) in [4.78, 5) is 2.45. The topological polar surface area (TPSA) is 16.4 Å². The van der Waals surface area contributed by atoms with Gasteiger partial charge in [0.15, 0.2) is 0 Å². The minimum absolute atomic E-state index is 0.873. The fourth-order valence-electron chi connectivity index (χ4n) is 10.5. The molecular weight excluding hydrogens is 799 g/mol. The minimum atomic E-state index is 0.873. The maximum atomic E-state index is 6.76. The van der Waals surface area contributed by atoms with Crippen molar-refractivity contribution in [2.45, 2.75) is 0 Å². The van der Waals surface area contributed by atoms with Crippen LogP contribution in [0.25, 0.3) is 110 Å². The van der Waals surface area contributed by atoms with Gasteiger partial charge in [-0.1, -0.05) is 206 Å². The molecule has 0 unspecified atom stereocenters. The van der Waals surface area contributed by atoms with Crippen LogP contribution in [0.5, 0.6) is 0 Å². The lowest BCUT2D eigenvalue weighted by Gasteiger charge is -2.29. The van der Waals surface area contributed by atoms with E-state index in [2.05, 4.69) is 254 Å². The molecule has 13 aromatic rings. The molecule has 2 heteroatoms. The molecule has 0 radical (unpaired) electrons. The van der Waals surface area contributed by atoms with E-state index in [1.165, 1.54) is 71.1 Å². The minimum Gasteiger partial charge on any atom is -0.455 e. The van der Waals surface area contributed by atoms with Crippen molar-refractivity contribution < 1.29 is 4.42 Å². The second kappa shape index (κ2) is 15.5. The fraction of sp³-hybridized carbons (Fsp3) is 0. The number of fused-ring (bicyclic) bond motifs is 9. The molecular formula is C64H41NO. The van der Waals surface area contributed by atoms with Gasteiger partial charge in [-0.05, 0) is 119 Å². The predicted molar refractivity (Wildman–Crippen MR) is 280 cm³/mol. The van der Waals surface area contributed by atoms with E-state index in [-0.39, 0.29) is 0 Å². The third-order valence-corrected chi connectivity index (χ3v) is 13.4. The Morgan fingerprint density at radius 3 is 1.59 bits per heavy atom. The van der Waals surface area contributed by atoms with E-state index in [0.29, 0.717) is 0 Å². The molecule has 0 saturated heterocycles. The Kier molecular flexibility index (Phi) is 8.89. The van der Waals surface area contributed by atoms with Crippen molar-refractivity contribution >= 4 is 82.1 Å². The van der Waals surface area contributed by atoms with Crippen LogP contribution in [0.2, 0.25) is 0 Å². The van der Waals surface area contributed by atoms with Crippen molar-refractivity contribution in [3.05, 3.63) is 249 Å². The fourth-order valence-corrected chi connectivity index (χ4v) is 10.5. The third-order valence-electron chi connectivity index (χ3n) is 13.4. The van der Waals surface area contributed by atoms with Gasteiger partial charge >= 0.3 is 0 Å². The molecule has 0 aliphatic rings. The van der Waals surface area contributed by atoms with Crippen molar-refractivity contribution in [2.75, 3.05) is 4.90 Å². The molecule has 0 aliphatic carbocycles. The maximum absolute atomic E-state index is 6.76. The van der Waals surface area contributed by atoms with Crippen LogP contribution in [0.4, 0.5) is 17.1 Å². The van der Waals surface area contributed by atoms with Crippen molar-refractivity contribution in [1.29, 1.82) is 0 Å². The van der Waals surface area contributed by atoms with Gasteiger partial charge < -0.3 is 9.32 Å². The Labute approximate surface area is 382 Å². The SMILES string of the molecule is c1ccc(-c2c(-c3ccccc3)c3cc(N(c4ccc(-c5cccc6ccccc56)cc4)c4ccccc4-c4cccc5oc6c7ccccc7ccc6c45)ccc3c3ccccc23)cc1. The molecule has 0 atom stereocenters. The Bertz CT molecular complexity index is 3970. The Balaban J connectivity index is 1.09. The van der Waals surface area contributed by atoms with Crippen LogP contribution in [0.3, 0.4) is 0 Å². The number of anilines is 3. The average Bonchev–Trinajstić information content (AvgIpc) is 3.79. The molecule has 1 heterocycles. The van der Waals surface area contributed by atoms with Crippen LogP contribution in [-0.4, -0.2) is 0 Å². The molecule has 13 rings (SSSR count). The molecule has 0 aliphatic heterocycles. The number of benzene rings is 12. The molecule has 0 N–H and O–H groups in total. The second-order valence-electron chi connectivity index (χ2n) is 17.1. The number of furan rings is 1. The number of para-hydroxylation sites is 1. The van der Waals surface area contributed by atoms with Gasteiger partial charge in [0.1, 0.15) is 11.2 Å². The van der Waals surface area contributed by atoms with Gasteiger partial charge in [-0.2, -0.15) is 0 Å². The summed E-state index contributed by atoms with van der Waals surface area (Å²) in [7, 11) is 0. The van der Waals surface area contributed by atoms with E-state index >= 15 is 0 Å². The smallest absolute Gasteiger partial charge is 0.143 e. The van der Waals surface area contributed by atoms with Crippen LogP contribution >= 0.6 is 0 Å². The molecule has 2 nitrogen and oxygen atoms in total. The van der Waals surface area contributed by atoms with Crippen LogP contribution in [0.1, 0.15) is 0 Å². The Morgan fingerprint density at radius 2 is 0.818 bits per heavy atom. The van der Waals surface area contributed by atoms with Gasteiger partial charge in [-0.15, -0.1) is 0 Å². The van der Waals surface area contributed by atoms with Gasteiger partial charge in [0, 0.05) is 33.1 Å². The number of hydrogen-bond acceptors (Lipinski definition) is 2. The lowest BCUT2D eigenvalue weighted by Crippen LogP contribution is -2.11. The van der Waals surface area contributed by atoms with Crippen LogP contribution in [0.15, 0.2) is 253 Å². The van der Waals surface area contributed by atoms with E-state index in [1.807, 2.05) is 0 Å². The highest BCUT2D eigenvalue weighted by Crippen LogP contribution is 2.49. The normalized spacial score (nSPS) is 11.6. The lowest BCUT2D eigenvalue weighted by molar-refractivity contribution is 0.673. The summed E-state index contributed by atoms with van der Waals surface area (Å²) in [5, 5.41) is 11.9. The molecule has 12 aromatic carbocycles. The van der Waals surface area contributed by atoms with E-state index in [0.717, 1.165) is 55.5 Å². The van der Waals surface area contributed by atoms with E-state index in [9.17, 15) is 0 Å². The Morgan fingerprint density at radius 1 is 0.288 bits per heavy atom. The maximum Gasteiger partial charge on any atom is 0.143 e. The second-order valence-corrected chi connectivity index (χ2v) is 17.1. The highest BCUT2D eigenvalue weighted by atomic mass is 16.3. The zero-order chi connectivity index (χ0) is 43.6. The van der Waals surface area contributed by atoms with Crippen molar-refractivity contribution in [1.82, 2.24) is 0 Å². The highest BCUT2D eigenvalue weighted by Gasteiger charge is 2.24. The predicted octanol–water partition coefficient (Wildman–Crippen LogP) is 18.3. The van der Waals surface area contributed by atoms with Gasteiger partial charge in [-0.25, -0.2) is 0 Å². The summed E-state index contributed by atoms with van der Waals surface area (Å²) in [6.07, 6.45) is 0. The summed E-state index contributed by atoms with van der Waals surface area (Å²) in [6.45, 7) is 0. The molecule has 1 aromatic heterocycles. The first-order valence-electron chi connectivity index (χ1n) is 22.7. The van der Waals surface area contributed by atoms with Crippen LogP contribution < -0.4 is 4.90 Å². The molecule has 0 bridgehead atoms. The first-order chi connectivity index (χ1) is 32.8. The zero-order valence-corrected chi connectivity index (χ0v) is 36.0. The summed E-state index contributed by atoms with van der Waals surface area (Å²) in [5.74, 6) is 0. The molecule has 308 valence electrons. The summed E-state index contributed by atoms with van der Waals surface area (Å²) < 4.78 is 6.76. The quantitative estimate of drug-likeness (QED) is 0.149. The number of rotatable bonds is 7. The van der Waals surface area contributed by atoms with Crippen molar-refractivity contribution in [2.24, 2.45) is 0 Å². The number of nitrogens with zero attached hydrogens (tertiary/aromatic N) is 1. The lowest BCUT2D eigenvalue weighted by atomic mass is 9.85. The van der Waals surface area contributed by atoms with E-state index < -0.39 is 0 Å². The van der Waals surface area contributed by atoms with E-state index in [1.54, 1.807) is 0 Å². The van der Waals surface area contributed by atoms with Gasteiger partial charge in [0.25, 0.3) is 0 Å². The van der Waals surface area contributed by atoms with Crippen molar-refractivity contribution in [3.8, 4) is 44.5 Å². The monoisotopic (exact) mass is 839 g/mol. The summed E-state index contributed by atoms with van der Waals surface area (Å²) >= 11 is 0. The molecule has 0 saturated carbocycles. The Hall–Kier alpha value is -8.72. The largest absolute Gasteiger partial charge is 0.455 e. The van der Waals surface area contributed by atoms with Crippen molar-refractivity contribution in [3.63, 3.8) is 0 Å². The highest BCUT2D eigenvalue weighted by molar-refractivity contribution is 6.23. The summed E-state index contributed by atoms with van der Waals surface area (Å²) in [5.41, 5.74) is 14.5. The average molecular weight is 840 g/mol. The van der Waals surface area contributed by atoms with Crippen LogP contribution in [-0.2, 0) is 0 Å². The summed E-state index contributed by atoms with van der Waals surface area (Å²) in [6, 6.07) is 90.3. The van der Waals surface area contributed by atoms with Crippen LogP contribution in [0, 0.1) is 0 Å². The standard InChI is InChI=1S/C64H41NO/c1-3-19-45(20-4-1)61-55-28-12-11-26-52(55)53-40-38-48(41-58(53)62(61)46-21-5-2-6-22-46)65(47-36-33-44(34-37-47)50-29-15-23-42-17-7-9-24-49(42)50)59-31-14-13-27-54(59)56-30-16-32-60-63(56)57-39-35-43-18-8-10-25-51(43)64(57)66-60/h1-41H. The van der Waals surface area contributed by atoms with Gasteiger partial charge in [0.2, 0.25) is 0 Å². The van der Waals surface area contributed by atoms with Gasteiger partial charge in [-0.3, -0.25) is 0 Å². The molecule has 0 amide bonds. The number of hydrogen-bond donors (Lipinski definition) is 0.